The number of quaternary nitrogens is 1. The van der Waals surface area contributed by atoms with Crippen LogP contribution in [-0.2, 0) is 17.9 Å². The molecule has 2 N–H and O–H groups in total. The van der Waals surface area contributed by atoms with Crippen LogP contribution < -0.4 is 5.32 Å². The molecule has 0 unspecified atom stereocenters. The van der Waals surface area contributed by atoms with Crippen molar-refractivity contribution in [3.63, 3.8) is 0 Å². The summed E-state index contributed by atoms with van der Waals surface area (Å²) < 4.78 is 0. The van der Waals surface area contributed by atoms with Crippen molar-refractivity contribution in [3.05, 3.63) is 57.8 Å². The second-order valence-electron chi connectivity index (χ2n) is 7.09. The van der Waals surface area contributed by atoms with Crippen molar-refractivity contribution >= 4 is 17.2 Å². The standard InChI is InChI=1S/C21H28N2OS/c1-17-12-13-20(25-17)16-23(15-18-8-4-2-5-9-18)21(24)14-22-19-10-6-3-7-11-19/h2,4-5,8-9,12-13,19,22H,3,6-7,10-11,14-16H2,1H3/p+1. The van der Waals surface area contributed by atoms with Crippen LogP contribution in [0.1, 0.15) is 47.4 Å². The molecule has 25 heavy (non-hydrogen) atoms. The van der Waals surface area contributed by atoms with Crippen molar-refractivity contribution in [1.29, 1.82) is 0 Å². The molecular formula is C21H29N2OS+. The molecule has 2 aromatic rings. The summed E-state index contributed by atoms with van der Waals surface area (Å²) in [5, 5.41) is 2.28. The fourth-order valence-corrected chi connectivity index (χ4v) is 4.47. The number of nitrogens with two attached hydrogens (primary N) is 1. The van der Waals surface area contributed by atoms with E-state index in [1.54, 1.807) is 11.3 Å². The topological polar surface area (TPSA) is 36.9 Å². The lowest BCUT2D eigenvalue weighted by Gasteiger charge is -2.24. The molecule has 0 bridgehead atoms. The van der Waals surface area contributed by atoms with Crippen LogP contribution in [0.5, 0.6) is 0 Å². The number of amides is 1. The van der Waals surface area contributed by atoms with Crippen LogP contribution in [0.15, 0.2) is 42.5 Å². The van der Waals surface area contributed by atoms with Crippen LogP contribution in [0.25, 0.3) is 0 Å². The Balaban J connectivity index is 1.62. The monoisotopic (exact) mass is 357 g/mol. The minimum Gasteiger partial charge on any atom is -0.336 e. The average molecular weight is 358 g/mol. The van der Waals surface area contributed by atoms with E-state index in [-0.39, 0.29) is 5.91 Å². The van der Waals surface area contributed by atoms with Crippen LogP contribution >= 0.6 is 11.3 Å². The molecule has 1 aromatic heterocycles. The number of benzene rings is 1. The zero-order valence-electron chi connectivity index (χ0n) is 15.1. The maximum Gasteiger partial charge on any atom is 0.278 e. The highest BCUT2D eigenvalue weighted by Gasteiger charge is 2.21. The molecule has 134 valence electrons. The van der Waals surface area contributed by atoms with E-state index in [9.17, 15) is 4.79 Å². The third-order valence-electron chi connectivity index (χ3n) is 4.99. The van der Waals surface area contributed by atoms with E-state index in [0.29, 0.717) is 25.7 Å². The Bertz CT molecular complexity index is 662. The van der Waals surface area contributed by atoms with Crippen molar-refractivity contribution in [1.82, 2.24) is 4.90 Å². The van der Waals surface area contributed by atoms with E-state index in [1.807, 2.05) is 23.1 Å². The Hall–Kier alpha value is -1.65. The van der Waals surface area contributed by atoms with Crippen molar-refractivity contribution in [2.75, 3.05) is 6.54 Å². The third kappa shape index (κ3) is 5.68. The smallest absolute Gasteiger partial charge is 0.278 e. The molecule has 1 amide bonds. The van der Waals surface area contributed by atoms with Gasteiger partial charge < -0.3 is 10.2 Å². The molecule has 0 atom stereocenters. The normalized spacial score (nSPS) is 15.2. The molecule has 1 saturated carbocycles. The summed E-state index contributed by atoms with van der Waals surface area (Å²) in [6.45, 7) is 4.09. The van der Waals surface area contributed by atoms with Gasteiger partial charge in [-0.3, -0.25) is 4.79 Å². The number of thiophene rings is 1. The van der Waals surface area contributed by atoms with Gasteiger partial charge in [-0.2, -0.15) is 0 Å². The Morgan fingerprint density at radius 3 is 2.52 bits per heavy atom. The van der Waals surface area contributed by atoms with Crippen LogP contribution in [0.4, 0.5) is 0 Å². The Morgan fingerprint density at radius 2 is 1.84 bits per heavy atom. The fourth-order valence-electron chi connectivity index (χ4n) is 3.56. The van der Waals surface area contributed by atoms with Gasteiger partial charge in [0.1, 0.15) is 0 Å². The number of nitrogens with zero attached hydrogens (tertiary/aromatic N) is 1. The summed E-state index contributed by atoms with van der Waals surface area (Å²) in [4.78, 5) is 17.5. The van der Waals surface area contributed by atoms with Crippen LogP contribution in [0.2, 0.25) is 0 Å². The number of aryl methyl sites for hydroxylation is 1. The van der Waals surface area contributed by atoms with Gasteiger partial charge in [-0.1, -0.05) is 36.8 Å². The minimum absolute atomic E-state index is 0.250. The Morgan fingerprint density at radius 1 is 1.08 bits per heavy atom. The first-order valence-electron chi connectivity index (χ1n) is 9.41. The first kappa shape index (κ1) is 18.2. The van der Waals surface area contributed by atoms with E-state index < -0.39 is 0 Å². The fraction of sp³-hybridized carbons (Fsp3) is 0.476. The third-order valence-corrected chi connectivity index (χ3v) is 5.97. The van der Waals surface area contributed by atoms with Crippen molar-refractivity contribution in [2.24, 2.45) is 0 Å². The SMILES string of the molecule is Cc1ccc(CN(Cc2ccccc2)C(=O)C[NH2+]C2CCCCC2)s1. The largest absolute Gasteiger partial charge is 0.336 e. The molecule has 1 aliphatic carbocycles. The number of hydrogen-bond acceptors (Lipinski definition) is 2. The van der Waals surface area contributed by atoms with Gasteiger partial charge in [0, 0.05) is 16.3 Å². The van der Waals surface area contributed by atoms with Gasteiger partial charge in [-0.25, -0.2) is 0 Å². The molecule has 0 spiro atoms. The molecule has 1 aliphatic rings. The summed E-state index contributed by atoms with van der Waals surface area (Å²) in [7, 11) is 0. The molecule has 4 heteroatoms. The zero-order valence-corrected chi connectivity index (χ0v) is 15.9. The van der Waals surface area contributed by atoms with Gasteiger partial charge in [0.15, 0.2) is 6.54 Å². The maximum absolute atomic E-state index is 12.9. The summed E-state index contributed by atoms with van der Waals surface area (Å²) in [5.41, 5.74) is 1.20. The first-order valence-corrected chi connectivity index (χ1v) is 10.2. The Labute approximate surface area is 155 Å². The molecular weight excluding hydrogens is 328 g/mol. The van der Waals surface area contributed by atoms with Crippen LogP contribution in [-0.4, -0.2) is 23.4 Å². The second-order valence-corrected chi connectivity index (χ2v) is 8.46. The molecule has 1 aromatic carbocycles. The highest BCUT2D eigenvalue weighted by atomic mass is 32.1. The lowest BCUT2D eigenvalue weighted by atomic mass is 9.95. The molecule has 0 saturated heterocycles. The van der Waals surface area contributed by atoms with Crippen LogP contribution in [0, 0.1) is 6.92 Å². The highest BCUT2D eigenvalue weighted by molar-refractivity contribution is 7.11. The molecule has 1 heterocycles. The molecule has 3 rings (SSSR count). The van der Waals surface area contributed by atoms with Gasteiger partial charge >= 0.3 is 0 Å². The summed E-state index contributed by atoms with van der Waals surface area (Å²) in [5.74, 6) is 0.250. The first-order chi connectivity index (χ1) is 12.2. The minimum atomic E-state index is 0.250. The van der Waals surface area contributed by atoms with E-state index in [4.69, 9.17) is 0 Å². The van der Waals surface area contributed by atoms with Gasteiger partial charge in [-0.15, -0.1) is 11.3 Å². The number of carbonyl (C=O) groups is 1. The van der Waals surface area contributed by atoms with Gasteiger partial charge in [0.05, 0.1) is 12.6 Å². The summed E-state index contributed by atoms with van der Waals surface area (Å²) in [6.07, 6.45) is 6.51. The van der Waals surface area contributed by atoms with E-state index >= 15 is 0 Å². The van der Waals surface area contributed by atoms with E-state index in [0.717, 1.165) is 0 Å². The van der Waals surface area contributed by atoms with Gasteiger partial charge in [0.2, 0.25) is 0 Å². The van der Waals surface area contributed by atoms with Crippen molar-refractivity contribution in [2.45, 2.75) is 58.2 Å². The van der Waals surface area contributed by atoms with Crippen molar-refractivity contribution in [3.8, 4) is 0 Å². The average Bonchev–Trinajstić information content (AvgIpc) is 3.06. The predicted molar refractivity (Wildman–Crippen MR) is 103 cm³/mol. The van der Waals surface area contributed by atoms with Gasteiger partial charge in [-0.05, 0) is 50.3 Å². The van der Waals surface area contributed by atoms with Crippen molar-refractivity contribution < 1.29 is 10.1 Å². The Kier molecular flexibility index (Phi) is 6.65. The quantitative estimate of drug-likeness (QED) is 0.809. The summed E-state index contributed by atoms with van der Waals surface area (Å²) in [6, 6.07) is 15.2. The van der Waals surface area contributed by atoms with E-state index in [1.165, 1.54) is 47.4 Å². The van der Waals surface area contributed by atoms with Gasteiger partial charge in [0.25, 0.3) is 5.91 Å². The number of rotatable bonds is 7. The molecule has 1 fully saturated rings. The maximum atomic E-state index is 12.9. The van der Waals surface area contributed by atoms with Crippen LogP contribution in [0.3, 0.4) is 0 Å². The molecule has 0 aliphatic heterocycles. The lowest BCUT2D eigenvalue weighted by Crippen LogP contribution is -2.92. The lowest BCUT2D eigenvalue weighted by molar-refractivity contribution is -0.682. The number of hydrogen-bond donors (Lipinski definition) is 1. The second kappa shape index (κ2) is 9.16. The highest BCUT2D eigenvalue weighted by Crippen LogP contribution is 2.19. The predicted octanol–water partition coefficient (Wildman–Crippen LogP) is 3.48. The molecule has 0 radical (unpaired) electrons. The molecule has 3 nitrogen and oxygen atoms in total. The number of carbonyl (C=O) groups excluding carboxylic acids is 1. The summed E-state index contributed by atoms with van der Waals surface area (Å²) >= 11 is 1.79. The van der Waals surface area contributed by atoms with E-state index in [2.05, 4.69) is 36.5 Å². The zero-order chi connectivity index (χ0) is 17.5.